The summed E-state index contributed by atoms with van der Waals surface area (Å²) in [6, 6.07) is 12.1. The molecule has 1 aliphatic rings. The molecule has 7 nitrogen and oxygen atoms in total. The van der Waals surface area contributed by atoms with Gasteiger partial charge < -0.3 is 24.7 Å². The van der Waals surface area contributed by atoms with Crippen LogP contribution in [0.3, 0.4) is 0 Å². The summed E-state index contributed by atoms with van der Waals surface area (Å²) in [4.78, 5) is 14.5. The lowest BCUT2D eigenvalue weighted by Crippen LogP contribution is -2.32. The first-order valence-corrected chi connectivity index (χ1v) is 10.7. The van der Waals surface area contributed by atoms with Gasteiger partial charge in [-0.2, -0.15) is 0 Å². The van der Waals surface area contributed by atoms with Crippen molar-refractivity contribution in [3.05, 3.63) is 48.9 Å². The van der Waals surface area contributed by atoms with Crippen LogP contribution in [0.5, 0.6) is 11.5 Å². The Bertz CT molecular complexity index is 1200. The Kier molecular flexibility index (Phi) is 6.67. The van der Waals surface area contributed by atoms with Gasteiger partial charge in [0.1, 0.15) is 12.1 Å². The van der Waals surface area contributed by atoms with Gasteiger partial charge >= 0.3 is 0 Å². The molecule has 8 heteroatoms. The molecule has 0 radical (unpaired) electrons. The third-order valence-corrected chi connectivity index (χ3v) is 6.05. The van der Waals surface area contributed by atoms with Gasteiger partial charge in [0.2, 0.25) is 0 Å². The van der Waals surface area contributed by atoms with Crippen LogP contribution >= 0.6 is 12.4 Å². The number of aromatic amines is 1. The Labute approximate surface area is 193 Å². The van der Waals surface area contributed by atoms with E-state index >= 15 is 0 Å². The van der Waals surface area contributed by atoms with Gasteiger partial charge in [0.25, 0.3) is 0 Å². The van der Waals surface area contributed by atoms with Crippen molar-refractivity contribution in [3.8, 4) is 11.5 Å². The molecule has 1 fully saturated rings. The van der Waals surface area contributed by atoms with Gasteiger partial charge in [-0.25, -0.2) is 9.97 Å². The molecule has 2 N–H and O–H groups in total. The number of nitrogens with one attached hydrogen (secondary N) is 2. The van der Waals surface area contributed by atoms with Crippen molar-refractivity contribution in [2.75, 3.05) is 39.2 Å². The average Bonchev–Trinajstić information content (AvgIpc) is 3.26. The number of rotatable bonds is 6. The van der Waals surface area contributed by atoms with Crippen LogP contribution in [0.1, 0.15) is 12.8 Å². The van der Waals surface area contributed by atoms with Crippen molar-refractivity contribution in [1.82, 2.24) is 19.9 Å². The number of nitrogens with zero attached hydrogens (tertiary/aromatic N) is 3. The molecule has 1 aliphatic heterocycles. The molecule has 2 aromatic carbocycles. The predicted molar refractivity (Wildman–Crippen MR) is 131 cm³/mol. The van der Waals surface area contributed by atoms with E-state index < -0.39 is 0 Å². The number of hydrogen-bond acceptors (Lipinski definition) is 6. The van der Waals surface area contributed by atoms with Gasteiger partial charge in [-0.15, -0.1) is 12.4 Å². The van der Waals surface area contributed by atoms with Gasteiger partial charge in [0.15, 0.2) is 11.5 Å². The Morgan fingerprint density at radius 3 is 2.75 bits per heavy atom. The molecule has 0 amide bonds. The van der Waals surface area contributed by atoms with E-state index in [0.29, 0.717) is 18.3 Å². The highest BCUT2D eigenvalue weighted by molar-refractivity contribution is 5.94. The lowest BCUT2D eigenvalue weighted by atomic mass is 9.98. The fourth-order valence-corrected chi connectivity index (χ4v) is 4.14. The van der Waals surface area contributed by atoms with Crippen LogP contribution in [0, 0.1) is 5.92 Å². The summed E-state index contributed by atoms with van der Waals surface area (Å²) >= 11 is 0. The topological polar surface area (TPSA) is 75.3 Å². The number of piperidine rings is 1. The smallest absolute Gasteiger partial charge is 0.163 e. The largest absolute Gasteiger partial charge is 0.493 e. The van der Waals surface area contributed by atoms with Gasteiger partial charge in [-0.1, -0.05) is 0 Å². The van der Waals surface area contributed by atoms with Crippen LogP contribution in [0.2, 0.25) is 0 Å². The van der Waals surface area contributed by atoms with E-state index in [0.717, 1.165) is 65.0 Å². The summed E-state index contributed by atoms with van der Waals surface area (Å²) in [7, 11) is 3.84. The van der Waals surface area contributed by atoms with Crippen molar-refractivity contribution in [3.63, 3.8) is 0 Å². The number of benzene rings is 2. The number of H-pyrrole nitrogens is 1. The molecule has 5 rings (SSSR count). The van der Waals surface area contributed by atoms with Gasteiger partial charge in [-0.3, -0.25) is 0 Å². The summed E-state index contributed by atoms with van der Waals surface area (Å²) < 4.78 is 11.8. The van der Waals surface area contributed by atoms with Gasteiger partial charge in [0.05, 0.1) is 19.2 Å². The first kappa shape index (κ1) is 22.2. The van der Waals surface area contributed by atoms with Crippen LogP contribution in [0.4, 0.5) is 11.5 Å². The van der Waals surface area contributed by atoms with Crippen LogP contribution in [-0.4, -0.2) is 53.7 Å². The minimum absolute atomic E-state index is 0. The highest BCUT2D eigenvalue weighted by Crippen LogP contribution is 2.35. The van der Waals surface area contributed by atoms with Gasteiger partial charge in [0, 0.05) is 34.2 Å². The second-order valence-corrected chi connectivity index (χ2v) is 8.20. The van der Waals surface area contributed by atoms with E-state index in [1.54, 1.807) is 13.4 Å². The van der Waals surface area contributed by atoms with Crippen molar-refractivity contribution < 1.29 is 9.47 Å². The summed E-state index contributed by atoms with van der Waals surface area (Å²) in [5.41, 5.74) is 2.89. The molecule has 0 aliphatic carbocycles. The van der Waals surface area contributed by atoms with Crippen LogP contribution < -0.4 is 14.8 Å². The number of methoxy groups -OCH3 is 1. The van der Waals surface area contributed by atoms with E-state index in [1.807, 2.05) is 24.4 Å². The third kappa shape index (κ3) is 4.59. The standard InChI is InChI=1S/C24H27N5O2.ClH/c1-29-9-6-16(7-10-29)14-31-23-13-21-19(12-22(23)30-2)24(27-15-26-21)28-18-3-4-20-17(11-18)5-8-25-20;/h3-5,8,11-13,15-16,25H,6-7,9-10,14H2,1-2H3,(H,26,27,28);1H. The van der Waals surface area contributed by atoms with E-state index in [9.17, 15) is 0 Å². The van der Waals surface area contributed by atoms with Crippen LogP contribution in [-0.2, 0) is 0 Å². The average molecular weight is 454 g/mol. The molecule has 4 aromatic rings. The number of likely N-dealkylation sites (tertiary alicyclic amines) is 1. The summed E-state index contributed by atoms with van der Waals surface area (Å²) in [6.45, 7) is 2.95. The second kappa shape index (κ2) is 9.63. The van der Waals surface area contributed by atoms with E-state index in [4.69, 9.17) is 9.47 Å². The number of halogens is 1. The molecular weight excluding hydrogens is 426 g/mol. The number of anilines is 2. The zero-order valence-electron chi connectivity index (χ0n) is 18.3. The maximum absolute atomic E-state index is 6.18. The normalized spacial score (nSPS) is 14.9. The zero-order valence-corrected chi connectivity index (χ0v) is 19.1. The second-order valence-electron chi connectivity index (χ2n) is 8.20. The molecule has 32 heavy (non-hydrogen) atoms. The maximum atomic E-state index is 6.18. The molecule has 0 bridgehead atoms. The SMILES string of the molecule is COc1cc2c(Nc3ccc4[nH]ccc4c3)ncnc2cc1OCC1CCN(C)CC1.Cl. The fraction of sp³-hybridized carbons (Fsp3) is 0.333. The predicted octanol–water partition coefficient (Wildman–Crippen LogP) is 5.01. The Morgan fingerprint density at radius 1 is 1.09 bits per heavy atom. The van der Waals surface area contributed by atoms with Crippen molar-refractivity contribution in [2.45, 2.75) is 12.8 Å². The lowest BCUT2D eigenvalue weighted by Gasteiger charge is -2.28. The minimum Gasteiger partial charge on any atom is -0.493 e. The van der Waals surface area contributed by atoms with E-state index in [2.05, 4.69) is 50.4 Å². The summed E-state index contributed by atoms with van der Waals surface area (Å²) in [5, 5.41) is 5.45. The maximum Gasteiger partial charge on any atom is 0.163 e. The quantitative estimate of drug-likeness (QED) is 0.427. The number of ether oxygens (including phenoxy) is 2. The highest BCUT2D eigenvalue weighted by atomic mass is 35.5. The number of aromatic nitrogens is 3. The molecule has 1 saturated heterocycles. The summed E-state index contributed by atoms with van der Waals surface area (Å²) in [6.07, 6.45) is 5.83. The first-order chi connectivity index (χ1) is 15.2. The van der Waals surface area contributed by atoms with Crippen molar-refractivity contribution >= 4 is 45.7 Å². The molecular formula is C24H28ClN5O2. The Morgan fingerprint density at radius 2 is 1.94 bits per heavy atom. The molecule has 3 heterocycles. The zero-order chi connectivity index (χ0) is 21.2. The van der Waals surface area contributed by atoms with E-state index in [1.165, 1.54) is 0 Å². The minimum atomic E-state index is 0. The Balaban J connectivity index is 0.00000245. The van der Waals surface area contributed by atoms with Crippen molar-refractivity contribution in [1.29, 1.82) is 0 Å². The monoisotopic (exact) mass is 453 g/mol. The van der Waals surface area contributed by atoms with E-state index in [-0.39, 0.29) is 12.4 Å². The molecule has 0 saturated carbocycles. The molecule has 0 unspecified atom stereocenters. The third-order valence-electron chi connectivity index (χ3n) is 6.05. The van der Waals surface area contributed by atoms with Crippen LogP contribution in [0.25, 0.3) is 21.8 Å². The lowest BCUT2D eigenvalue weighted by molar-refractivity contribution is 0.157. The first-order valence-electron chi connectivity index (χ1n) is 10.7. The fourth-order valence-electron chi connectivity index (χ4n) is 4.14. The molecule has 168 valence electrons. The number of fused-ring (bicyclic) bond motifs is 2. The number of hydrogen-bond donors (Lipinski definition) is 2. The Hall–Kier alpha value is -3.03. The molecule has 2 aromatic heterocycles. The van der Waals surface area contributed by atoms with Gasteiger partial charge in [-0.05, 0) is 69.2 Å². The summed E-state index contributed by atoms with van der Waals surface area (Å²) in [5.74, 6) is 2.73. The van der Waals surface area contributed by atoms with Crippen molar-refractivity contribution in [2.24, 2.45) is 5.92 Å². The highest BCUT2D eigenvalue weighted by Gasteiger charge is 2.19. The molecule has 0 spiro atoms. The molecule has 0 atom stereocenters. The van der Waals surface area contributed by atoms with Crippen LogP contribution in [0.15, 0.2) is 48.9 Å².